The van der Waals surface area contributed by atoms with E-state index in [1.54, 1.807) is 19.1 Å². The van der Waals surface area contributed by atoms with Gasteiger partial charge in [-0.2, -0.15) is 0 Å². The minimum atomic E-state index is -3.18. The van der Waals surface area contributed by atoms with E-state index < -0.39 is 13.4 Å². The molecule has 1 heterocycles. The van der Waals surface area contributed by atoms with Gasteiger partial charge in [-0.05, 0) is 26.0 Å². The van der Waals surface area contributed by atoms with Crippen LogP contribution in [0.2, 0.25) is 0 Å². The van der Waals surface area contributed by atoms with E-state index in [0.29, 0.717) is 18.1 Å². The van der Waals surface area contributed by atoms with Crippen LogP contribution >= 0.6 is 7.60 Å². The van der Waals surface area contributed by atoms with Gasteiger partial charge in [0.15, 0.2) is 17.3 Å². The largest absolute Gasteiger partial charge is 0.459 e. The maximum Gasteiger partial charge on any atom is 0.459 e. The van der Waals surface area contributed by atoms with Gasteiger partial charge in [0.05, 0.1) is 0 Å². The summed E-state index contributed by atoms with van der Waals surface area (Å²) < 4.78 is 28.1. The topological polar surface area (TPSA) is 44.8 Å². The van der Waals surface area contributed by atoms with Gasteiger partial charge in [0.25, 0.3) is 0 Å². The van der Waals surface area contributed by atoms with Crippen LogP contribution in [0.4, 0.5) is 0 Å². The molecule has 0 aromatic heterocycles. The van der Waals surface area contributed by atoms with Gasteiger partial charge in [0.2, 0.25) is 0 Å². The summed E-state index contributed by atoms with van der Waals surface area (Å²) in [6.45, 7) is 4.01. The number of hydrogen-bond donors (Lipinski definition) is 0. The Balaban J connectivity index is 2.21. The fraction of sp³-hybridized carbons (Fsp3) is 0.400. The minimum Gasteiger partial charge on any atom is -0.410 e. The SMILES string of the molecule is CCO[C@H](C)P1(=O)Oc2ccccc2O1. The summed E-state index contributed by atoms with van der Waals surface area (Å²) in [5, 5.41) is 0. The standard InChI is InChI=1S/C10H13O4P/c1-3-12-8(2)15(11)13-9-6-4-5-7-10(9)14-15/h4-8H,3H2,1-2H3/t8-/m0/s1. The molecule has 0 radical (unpaired) electrons. The molecule has 0 spiro atoms. The van der Waals surface area contributed by atoms with Crippen molar-refractivity contribution in [2.75, 3.05) is 6.61 Å². The Labute approximate surface area is 88.7 Å². The van der Waals surface area contributed by atoms with Crippen molar-refractivity contribution in [3.63, 3.8) is 0 Å². The molecule has 1 aromatic carbocycles. The Morgan fingerprint density at radius 2 is 1.87 bits per heavy atom. The molecule has 15 heavy (non-hydrogen) atoms. The Kier molecular flexibility index (Phi) is 2.72. The van der Waals surface area contributed by atoms with Crippen molar-refractivity contribution in [1.82, 2.24) is 0 Å². The molecule has 0 amide bonds. The predicted octanol–water partition coefficient (Wildman–Crippen LogP) is 3.03. The highest BCUT2D eigenvalue weighted by Gasteiger charge is 2.42. The van der Waals surface area contributed by atoms with Crippen molar-refractivity contribution >= 4 is 7.60 Å². The third-order valence-electron chi connectivity index (χ3n) is 2.15. The number of rotatable bonds is 3. The lowest BCUT2D eigenvalue weighted by atomic mass is 10.3. The monoisotopic (exact) mass is 228 g/mol. The molecule has 1 aliphatic heterocycles. The second-order valence-corrected chi connectivity index (χ2v) is 5.40. The Hall–Kier alpha value is -0.990. The average molecular weight is 228 g/mol. The molecular weight excluding hydrogens is 215 g/mol. The van der Waals surface area contributed by atoms with E-state index in [-0.39, 0.29) is 0 Å². The van der Waals surface area contributed by atoms with E-state index in [4.69, 9.17) is 13.8 Å². The van der Waals surface area contributed by atoms with Crippen LogP contribution in [0.1, 0.15) is 13.8 Å². The fourth-order valence-corrected chi connectivity index (χ4v) is 2.89. The van der Waals surface area contributed by atoms with Crippen molar-refractivity contribution < 1.29 is 18.3 Å². The first-order valence-electron chi connectivity index (χ1n) is 4.85. The van der Waals surface area contributed by atoms with Crippen LogP contribution in [0.15, 0.2) is 24.3 Å². The normalized spacial score (nSPS) is 18.8. The van der Waals surface area contributed by atoms with E-state index >= 15 is 0 Å². The van der Waals surface area contributed by atoms with Crippen molar-refractivity contribution in [1.29, 1.82) is 0 Å². The molecule has 0 fully saturated rings. The third kappa shape index (κ3) is 1.87. The molecular formula is C10H13O4P. The zero-order chi connectivity index (χ0) is 10.9. The maximum atomic E-state index is 12.2. The summed E-state index contributed by atoms with van der Waals surface area (Å²) in [6.07, 6.45) is 0. The van der Waals surface area contributed by atoms with Crippen LogP contribution in [-0.2, 0) is 9.30 Å². The van der Waals surface area contributed by atoms with E-state index in [2.05, 4.69) is 0 Å². The predicted molar refractivity (Wildman–Crippen MR) is 56.4 cm³/mol. The molecule has 1 aromatic rings. The fourth-order valence-electron chi connectivity index (χ4n) is 1.37. The smallest absolute Gasteiger partial charge is 0.410 e. The van der Waals surface area contributed by atoms with Gasteiger partial charge in [0.1, 0.15) is 0 Å². The first-order valence-corrected chi connectivity index (χ1v) is 6.46. The van der Waals surface area contributed by atoms with Crippen molar-refractivity contribution in [3.8, 4) is 11.5 Å². The number of hydrogen-bond acceptors (Lipinski definition) is 4. The van der Waals surface area contributed by atoms with Crippen molar-refractivity contribution in [2.24, 2.45) is 0 Å². The van der Waals surface area contributed by atoms with Gasteiger partial charge >= 0.3 is 7.60 Å². The average Bonchev–Trinajstić information content (AvgIpc) is 2.56. The lowest BCUT2D eigenvalue weighted by Gasteiger charge is -2.17. The Bertz CT molecular complexity index is 375. The summed E-state index contributed by atoms with van der Waals surface area (Å²) in [5.74, 6) is 0.495. The van der Waals surface area contributed by atoms with Crippen LogP contribution < -0.4 is 9.05 Å². The lowest BCUT2D eigenvalue weighted by molar-refractivity contribution is 0.114. The van der Waals surface area contributed by atoms with Gasteiger partial charge in [0, 0.05) is 6.61 Å². The quantitative estimate of drug-likeness (QED) is 0.746. The Morgan fingerprint density at radius 3 is 2.33 bits per heavy atom. The molecule has 0 N–H and O–H groups in total. The molecule has 0 saturated carbocycles. The van der Waals surface area contributed by atoms with Gasteiger partial charge in [-0.25, -0.2) is 4.57 Å². The summed E-state index contributed by atoms with van der Waals surface area (Å²) >= 11 is 0. The van der Waals surface area contributed by atoms with Gasteiger partial charge in [-0.1, -0.05) is 12.1 Å². The van der Waals surface area contributed by atoms with E-state index in [1.807, 2.05) is 19.1 Å². The summed E-state index contributed by atoms with van der Waals surface area (Å²) in [5.41, 5.74) is 0. The zero-order valence-electron chi connectivity index (χ0n) is 8.67. The van der Waals surface area contributed by atoms with Crippen LogP contribution in [0, 0.1) is 0 Å². The second-order valence-electron chi connectivity index (χ2n) is 3.22. The first-order chi connectivity index (χ1) is 7.15. The number of para-hydroxylation sites is 2. The molecule has 0 aliphatic carbocycles. The molecule has 4 nitrogen and oxygen atoms in total. The first kappa shape index (κ1) is 10.5. The molecule has 5 heteroatoms. The number of fused-ring (bicyclic) bond motifs is 1. The van der Waals surface area contributed by atoms with Crippen LogP contribution in [-0.4, -0.2) is 12.5 Å². The summed E-state index contributed by atoms with van der Waals surface area (Å²) in [4.78, 5) is 0. The summed E-state index contributed by atoms with van der Waals surface area (Å²) in [6, 6.07) is 7.08. The molecule has 1 atom stereocenters. The van der Waals surface area contributed by atoms with Crippen molar-refractivity contribution in [3.05, 3.63) is 24.3 Å². The molecule has 0 saturated heterocycles. The van der Waals surface area contributed by atoms with Gasteiger partial charge < -0.3 is 13.8 Å². The van der Waals surface area contributed by atoms with E-state index in [1.165, 1.54) is 0 Å². The zero-order valence-corrected chi connectivity index (χ0v) is 9.57. The van der Waals surface area contributed by atoms with Crippen LogP contribution in [0.25, 0.3) is 0 Å². The third-order valence-corrected chi connectivity index (χ3v) is 4.10. The molecule has 0 bridgehead atoms. The molecule has 2 rings (SSSR count). The van der Waals surface area contributed by atoms with E-state index in [0.717, 1.165) is 0 Å². The number of ether oxygens (including phenoxy) is 1. The Morgan fingerprint density at radius 1 is 1.33 bits per heavy atom. The highest BCUT2D eigenvalue weighted by Crippen LogP contribution is 2.61. The second kappa shape index (κ2) is 3.87. The highest BCUT2D eigenvalue weighted by atomic mass is 31.2. The minimum absolute atomic E-state index is 0.480. The van der Waals surface area contributed by atoms with Gasteiger partial charge in [-0.15, -0.1) is 0 Å². The van der Waals surface area contributed by atoms with Crippen LogP contribution in [0.5, 0.6) is 11.5 Å². The molecule has 1 aliphatic rings. The lowest BCUT2D eigenvalue weighted by Crippen LogP contribution is -2.13. The van der Waals surface area contributed by atoms with Crippen LogP contribution in [0.3, 0.4) is 0 Å². The van der Waals surface area contributed by atoms with Crippen molar-refractivity contribution in [2.45, 2.75) is 19.7 Å². The molecule has 82 valence electrons. The maximum absolute atomic E-state index is 12.2. The highest BCUT2D eigenvalue weighted by molar-refractivity contribution is 7.55. The summed E-state index contributed by atoms with van der Waals surface area (Å²) in [7, 11) is -3.18. The van der Waals surface area contributed by atoms with E-state index in [9.17, 15) is 4.57 Å². The number of benzene rings is 1. The molecule has 0 unspecified atom stereocenters. The van der Waals surface area contributed by atoms with Gasteiger partial charge in [-0.3, -0.25) is 0 Å².